The zero-order valence-corrected chi connectivity index (χ0v) is 32.6. The van der Waals surface area contributed by atoms with Gasteiger partial charge in [-0.05, 0) is 110 Å². The molecule has 1 aliphatic carbocycles. The van der Waals surface area contributed by atoms with E-state index in [0.29, 0.717) is 12.2 Å². The van der Waals surface area contributed by atoms with Gasteiger partial charge in [0.15, 0.2) is 5.79 Å². The first-order valence-corrected chi connectivity index (χ1v) is 21.2. The minimum Gasteiger partial charge on any atom is -0.344 e. The van der Waals surface area contributed by atoms with E-state index in [0.717, 1.165) is 25.2 Å². The van der Waals surface area contributed by atoms with Gasteiger partial charge in [-0.2, -0.15) is 0 Å². The number of rotatable bonds is 31. The molecule has 3 heteroatoms. The SMILES string of the molecule is CCCCC/C=C\C=C\CCCCCCCCC1(CCCCCCCC/C=C\C/C=C\CCCCC)OC2CCC(CN(C)C)CC2O1. The van der Waals surface area contributed by atoms with Crippen molar-refractivity contribution in [3.8, 4) is 0 Å². The summed E-state index contributed by atoms with van der Waals surface area (Å²) in [5.41, 5.74) is 0. The molecular formula is C45H81NO2. The lowest BCUT2D eigenvalue weighted by atomic mass is 9.85. The molecule has 278 valence electrons. The fourth-order valence-electron chi connectivity index (χ4n) is 7.67. The Morgan fingerprint density at radius 2 is 0.979 bits per heavy atom. The third-order valence-electron chi connectivity index (χ3n) is 10.5. The van der Waals surface area contributed by atoms with Gasteiger partial charge < -0.3 is 14.4 Å². The van der Waals surface area contributed by atoms with Gasteiger partial charge in [-0.25, -0.2) is 0 Å². The van der Waals surface area contributed by atoms with E-state index in [-0.39, 0.29) is 5.79 Å². The first kappa shape index (κ1) is 43.0. The molecule has 1 saturated heterocycles. The van der Waals surface area contributed by atoms with Crippen LogP contribution < -0.4 is 0 Å². The minimum absolute atomic E-state index is 0.313. The standard InChI is InChI=1S/C45H81NO2/c1-5-7-9-11-13-15-17-19-21-23-25-27-29-31-33-35-39-45(47-43-37-36-42(41-46(3)4)40-44(43)48-45)38-34-32-30-28-26-24-22-20-18-16-14-12-10-8-6-2/h13-16,18-21,42-44H,5-12,17,22-41H2,1-4H3/b15-13-,16-14-,20-18+,21-19-. The molecule has 4 unspecified atom stereocenters. The molecule has 0 spiro atoms. The van der Waals surface area contributed by atoms with Gasteiger partial charge in [-0.1, -0.05) is 140 Å². The first-order valence-electron chi connectivity index (χ1n) is 21.2. The smallest absolute Gasteiger partial charge is 0.169 e. The van der Waals surface area contributed by atoms with Crippen LogP contribution in [0.1, 0.15) is 194 Å². The monoisotopic (exact) mass is 668 g/mol. The highest BCUT2D eigenvalue weighted by Crippen LogP contribution is 2.44. The molecule has 1 saturated carbocycles. The van der Waals surface area contributed by atoms with Crippen molar-refractivity contribution in [2.75, 3.05) is 20.6 Å². The second-order valence-electron chi connectivity index (χ2n) is 15.5. The average molecular weight is 668 g/mol. The number of fused-ring (bicyclic) bond motifs is 1. The van der Waals surface area contributed by atoms with Gasteiger partial charge in [0, 0.05) is 19.4 Å². The maximum atomic E-state index is 6.94. The van der Waals surface area contributed by atoms with Gasteiger partial charge >= 0.3 is 0 Å². The molecule has 0 radical (unpaired) electrons. The van der Waals surface area contributed by atoms with Gasteiger partial charge in [-0.15, -0.1) is 0 Å². The van der Waals surface area contributed by atoms with E-state index in [1.165, 1.54) is 167 Å². The summed E-state index contributed by atoms with van der Waals surface area (Å²) in [6.45, 7) is 5.72. The van der Waals surface area contributed by atoms with Crippen molar-refractivity contribution in [1.82, 2.24) is 4.90 Å². The van der Waals surface area contributed by atoms with Gasteiger partial charge in [0.05, 0.1) is 12.2 Å². The van der Waals surface area contributed by atoms with E-state index in [9.17, 15) is 0 Å². The summed E-state index contributed by atoms with van der Waals surface area (Å²) in [6, 6.07) is 0. The fourth-order valence-corrected chi connectivity index (χ4v) is 7.67. The number of hydrogen-bond acceptors (Lipinski definition) is 3. The lowest BCUT2D eigenvalue weighted by Crippen LogP contribution is -2.35. The predicted molar refractivity (Wildman–Crippen MR) is 212 cm³/mol. The molecule has 4 atom stereocenters. The Balaban J connectivity index is 1.62. The zero-order valence-electron chi connectivity index (χ0n) is 32.6. The van der Waals surface area contributed by atoms with Crippen molar-refractivity contribution in [3.05, 3.63) is 48.6 Å². The fraction of sp³-hybridized carbons (Fsp3) is 0.822. The van der Waals surface area contributed by atoms with Crippen molar-refractivity contribution < 1.29 is 9.47 Å². The van der Waals surface area contributed by atoms with E-state index in [2.05, 4.69) is 81.5 Å². The average Bonchev–Trinajstić information content (AvgIpc) is 3.43. The Labute approximate surface area is 300 Å². The molecule has 0 aromatic carbocycles. The van der Waals surface area contributed by atoms with Gasteiger partial charge in [0.1, 0.15) is 0 Å². The molecule has 0 N–H and O–H groups in total. The van der Waals surface area contributed by atoms with Gasteiger partial charge in [-0.3, -0.25) is 0 Å². The van der Waals surface area contributed by atoms with Crippen LogP contribution in [0.3, 0.4) is 0 Å². The molecule has 1 aliphatic heterocycles. The lowest BCUT2D eigenvalue weighted by Gasteiger charge is -2.31. The molecule has 0 amide bonds. The molecule has 0 aromatic rings. The van der Waals surface area contributed by atoms with Crippen LogP contribution in [-0.4, -0.2) is 43.5 Å². The molecular weight excluding hydrogens is 587 g/mol. The van der Waals surface area contributed by atoms with Crippen molar-refractivity contribution in [2.24, 2.45) is 5.92 Å². The van der Waals surface area contributed by atoms with Crippen LogP contribution in [-0.2, 0) is 9.47 Å². The van der Waals surface area contributed by atoms with Crippen LogP contribution in [0.15, 0.2) is 48.6 Å². The van der Waals surface area contributed by atoms with Crippen LogP contribution in [0.5, 0.6) is 0 Å². The maximum absolute atomic E-state index is 6.94. The largest absolute Gasteiger partial charge is 0.344 e. The van der Waals surface area contributed by atoms with E-state index in [1.54, 1.807) is 0 Å². The number of unbranched alkanes of at least 4 members (excludes halogenated alkanes) is 18. The molecule has 2 aliphatic rings. The van der Waals surface area contributed by atoms with E-state index >= 15 is 0 Å². The zero-order chi connectivity index (χ0) is 34.4. The molecule has 0 bridgehead atoms. The Morgan fingerprint density at radius 1 is 0.521 bits per heavy atom. The highest BCUT2D eigenvalue weighted by Gasteiger charge is 2.48. The highest BCUT2D eigenvalue weighted by molar-refractivity contribution is 5.02. The van der Waals surface area contributed by atoms with Crippen LogP contribution in [0.2, 0.25) is 0 Å². The van der Waals surface area contributed by atoms with Crippen LogP contribution in [0.4, 0.5) is 0 Å². The molecule has 1 heterocycles. The predicted octanol–water partition coefficient (Wildman–Crippen LogP) is 13.8. The summed E-state index contributed by atoms with van der Waals surface area (Å²) in [5.74, 6) is 0.436. The number of hydrogen-bond donors (Lipinski definition) is 0. The Kier molecular flexibility index (Phi) is 26.5. The Morgan fingerprint density at radius 3 is 1.50 bits per heavy atom. The van der Waals surface area contributed by atoms with Crippen molar-refractivity contribution in [3.63, 3.8) is 0 Å². The van der Waals surface area contributed by atoms with Crippen molar-refractivity contribution in [1.29, 1.82) is 0 Å². The summed E-state index contributed by atoms with van der Waals surface area (Å²) < 4.78 is 13.8. The summed E-state index contributed by atoms with van der Waals surface area (Å²) in [4.78, 5) is 2.35. The third kappa shape index (κ3) is 21.8. The molecule has 48 heavy (non-hydrogen) atoms. The second-order valence-corrected chi connectivity index (χ2v) is 15.5. The quantitative estimate of drug-likeness (QED) is 0.0417. The van der Waals surface area contributed by atoms with E-state index < -0.39 is 0 Å². The van der Waals surface area contributed by atoms with Crippen LogP contribution in [0, 0.1) is 5.92 Å². The Hall–Kier alpha value is -1.16. The summed E-state index contributed by atoms with van der Waals surface area (Å²) >= 11 is 0. The van der Waals surface area contributed by atoms with Crippen molar-refractivity contribution in [2.45, 2.75) is 212 Å². The van der Waals surface area contributed by atoms with E-state index in [1.807, 2.05) is 0 Å². The summed E-state index contributed by atoms with van der Waals surface area (Å²) in [7, 11) is 4.41. The number of nitrogens with zero attached hydrogens (tertiary/aromatic N) is 1. The Bertz CT molecular complexity index is 844. The molecule has 2 fully saturated rings. The minimum atomic E-state index is -0.313. The topological polar surface area (TPSA) is 21.7 Å². The second kappa shape index (κ2) is 29.6. The molecule has 0 aromatic heterocycles. The van der Waals surface area contributed by atoms with E-state index in [4.69, 9.17) is 9.47 Å². The molecule has 3 nitrogen and oxygen atoms in total. The number of ether oxygens (including phenoxy) is 2. The first-order chi connectivity index (χ1) is 23.6. The van der Waals surface area contributed by atoms with Crippen LogP contribution in [0.25, 0.3) is 0 Å². The van der Waals surface area contributed by atoms with Crippen molar-refractivity contribution >= 4 is 0 Å². The summed E-state index contributed by atoms with van der Waals surface area (Å²) in [6.07, 6.45) is 55.0. The normalized spacial score (nSPS) is 23.2. The van der Waals surface area contributed by atoms with Gasteiger partial charge in [0.25, 0.3) is 0 Å². The van der Waals surface area contributed by atoms with Gasteiger partial charge in [0.2, 0.25) is 0 Å². The lowest BCUT2D eigenvalue weighted by molar-refractivity contribution is -0.186. The number of allylic oxidation sites excluding steroid dienone is 8. The maximum Gasteiger partial charge on any atom is 0.169 e. The highest BCUT2D eigenvalue weighted by atomic mass is 16.8. The molecule has 2 rings (SSSR count). The third-order valence-corrected chi connectivity index (χ3v) is 10.5. The summed E-state index contributed by atoms with van der Waals surface area (Å²) in [5, 5.41) is 0. The van der Waals surface area contributed by atoms with Crippen LogP contribution >= 0.6 is 0 Å².